The zero-order chi connectivity index (χ0) is 13.9. The van der Waals surface area contributed by atoms with Crippen molar-refractivity contribution in [3.63, 3.8) is 0 Å². The summed E-state index contributed by atoms with van der Waals surface area (Å²) >= 11 is 0. The molecule has 2 heteroatoms. The third-order valence-electron chi connectivity index (χ3n) is 3.97. The maximum absolute atomic E-state index is 14.4. The first-order valence-corrected chi connectivity index (χ1v) is 7.29. The summed E-state index contributed by atoms with van der Waals surface area (Å²) in [5, 5.41) is 3.54. The van der Waals surface area contributed by atoms with Gasteiger partial charge in [0.05, 0.1) is 6.04 Å². The fraction of sp³-hybridized carbons (Fsp3) is 0.333. The van der Waals surface area contributed by atoms with Gasteiger partial charge in [-0.3, -0.25) is 0 Å². The Morgan fingerprint density at radius 2 is 1.85 bits per heavy atom. The second kappa shape index (κ2) is 5.76. The highest BCUT2D eigenvalue weighted by atomic mass is 19.1. The third-order valence-corrected chi connectivity index (χ3v) is 3.97. The topological polar surface area (TPSA) is 12.0 Å². The molecule has 1 atom stereocenters. The van der Waals surface area contributed by atoms with E-state index in [1.807, 2.05) is 43.3 Å². The van der Waals surface area contributed by atoms with E-state index in [4.69, 9.17) is 0 Å². The minimum Gasteiger partial charge on any atom is -0.306 e. The van der Waals surface area contributed by atoms with Crippen LogP contribution in [0, 0.1) is 18.7 Å². The number of hydrogen-bond donors (Lipinski definition) is 1. The van der Waals surface area contributed by atoms with Crippen LogP contribution in [0.3, 0.4) is 0 Å². The Balaban J connectivity index is 1.93. The van der Waals surface area contributed by atoms with Crippen LogP contribution in [0.15, 0.2) is 48.5 Å². The zero-order valence-electron chi connectivity index (χ0n) is 11.8. The van der Waals surface area contributed by atoms with Crippen LogP contribution in [0.4, 0.5) is 4.39 Å². The molecule has 1 N–H and O–H groups in total. The molecule has 1 aliphatic rings. The van der Waals surface area contributed by atoms with Crippen LogP contribution in [0.2, 0.25) is 0 Å². The summed E-state index contributed by atoms with van der Waals surface area (Å²) in [5.41, 5.74) is 2.58. The van der Waals surface area contributed by atoms with Crippen molar-refractivity contribution in [3.05, 3.63) is 71.0 Å². The van der Waals surface area contributed by atoms with Crippen molar-refractivity contribution in [1.29, 1.82) is 0 Å². The van der Waals surface area contributed by atoms with Gasteiger partial charge in [-0.25, -0.2) is 4.39 Å². The Bertz CT molecular complexity index is 575. The summed E-state index contributed by atoms with van der Waals surface area (Å²) in [6.45, 7) is 2.79. The van der Waals surface area contributed by atoms with Crippen molar-refractivity contribution in [1.82, 2.24) is 5.32 Å². The summed E-state index contributed by atoms with van der Waals surface area (Å²) in [5.74, 6) is 0.679. The Hall–Kier alpha value is -1.67. The lowest BCUT2D eigenvalue weighted by Crippen LogP contribution is -2.25. The van der Waals surface area contributed by atoms with E-state index < -0.39 is 0 Å². The fourth-order valence-electron chi connectivity index (χ4n) is 2.55. The summed E-state index contributed by atoms with van der Waals surface area (Å²) in [7, 11) is 0. The molecule has 1 fully saturated rings. The molecule has 104 valence electrons. The molecule has 0 radical (unpaired) electrons. The first-order chi connectivity index (χ1) is 9.75. The normalized spacial score (nSPS) is 16.1. The molecule has 2 aromatic rings. The average molecular weight is 269 g/mol. The molecule has 0 amide bonds. The van der Waals surface area contributed by atoms with Crippen molar-refractivity contribution >= 4 is 0 Å². The molecule has 1 nitrogen and oxygen atoms in total. The van der Waals surface area contributed by atoms with E-state index in [2.05, 4.69) is 17.4 Å². The van der Waals surface area contributed by atoms with Gasteiger partial charge in [0.1, 0.15) is 5.82 Å². The van der Waals surface area contributed by atoms with E-state index in [0.29, 0.717) is 5.56 Å². The van der Waals surface area contributed by atoms with Crippen molar-refractivity contribution in [3.8, 4) is 0 Å². The van der Waals surface area contributed by atoms with Gasteiger partial charge in [-0.05, 0) is 43.4 Å². The van der Waals surface area contributed by atoms with E-state index in [1.165, 1.54) is 12.8 Å². The second-order valence-electron chi connectivity index (χ2n) is 5.67. The molecular weight excluding hydrogens is 249 g/mol. The van der Waals surface area contributed by atoms with Gasteiger partial charge in [0.25, 0.3) is 0 Å². The molecule has 0 spiro atoms. The minimum absolute atomic E-state index is 0.0586. The van der Waals surface area contributed by atoms with Gasteiger partial charge in [0, 0.05) is 5.56 Å². The van der Waals surface area contributed by atoms with Gasteiger partial charge in [-0.1, -0.05) is 48.5 Å². The smallest absolute Gasteiger partial charge is 0.131 e. The molecular formula is C18H20FN. The van der Waals surface area contributed by atoms with Crippen molar-refractivity contribution < 1.29 is 4.39 Å². The molecule has 1 saturated carbocycles. The zero-order valence-corrected chi connectivity index (χ0v) is 11.8. The Morgan fingerprint density at radius 1 is 1.10 bits per heavy atom. The van der Waals surface area contributed by atoms with Gasteiger partial charge in [0.15, 0.2) is 0 Å². The average Bonchev–Trinajstić information content (AvgIpc) is 3.29. The predicted octanol–water partition coefficient (Wildman–Crippen LogP) is 4.22. The van der Waals surface area contributed by atoms with Crippen molar-refractivity contribution in [2.24, 2.45) is 5.92 Å². The molecule has 2 aromatic carbocycles. The summed E-state index contributed by atoms with van der Waals surface area (Å²) in [6, 6.07) is 15.7. The van der Waals surface area contributed by atoms with Crippen LogP contribution in [-0.4, -0.2) is 6.54 Å². The number of aryl methyl sites for hydroxylation is 1. The van der Waals surface area contributed by atoms with Crippen LogP contribution >= 0.6 is 0 Å². The van der Waals surface area contributed by atoms with E-state index in [9.17, 15) is 4.39 Å². The lowest BCUT2D eigenvalue weighted by atomic mass is 9.96. The number of hydrogen-bond acceptors (Lipinski definition) is 1. The van der Waals surface area contributed by atoms with Gasteiger partial charge in [-0.2, -0.15) is 0 Å². The van der Waals surface area contributed by atoms with Gasteiger partial charge >= 0.3 is 0 Å². The molecule has 0 saturated heterocycles. The van der Waals surface area contributed by atoms with E-state index in [1.54, 1.807) is 0 Å². The van der Waals surface area contributed by atoms with E-state index in [-0.39, 0.29) is 11.9 Å². The lowest BCUT2D eigenvalue weighted by molar-refractivity contribution is 0.531. The van der Waals surface area contributed by atoms with E-state index >= 15 is 0 Å². The highest BCUT2D eigenvalue weighted by Gasteiger charge is 2.24. The number of halogens is 1. The molecule has 3 rings (SSSR count). The molecule has 1 unspecified atom stereocenters. The molecule has 0 heterocycles. The van der Waals surface area contributed by atoms with Crippen LogP contribution in [-0.2, 0) is 0 Å². The monoisotopic (exact) mass is 269 g/mol. The molecule has 20 heavy (non-hydrogen) atoms. The SMILES string of the molecule is Cc1cccc(C(NCC2CC2)c2ccccc2)c1F. The van der Waals surface area contributed by atoms with Crippen LogP contribution in [0.25, 0.3) is 0 Å². The Morgan fingerprint density at radius 3 is 2.55 bits per heavy atom. The fourth-order valence-corrected chi connectivity index (χ4v) is 2.55. The largest absolute Gasteiger partial charge is 0.306 e. The molecule has 0 bridgehead atoms. The van der Waals surface area contributed by atoms with Crippen molar-refractivity contribution in [2.45, 2.75) is 25.8 Å². The predicted molar refractivity (Wildman–Crippen MR) is 80.1 cm³/mol. The Labute approximate surface area is 119 Å². The minimum atomic E-state index is -0.0929. The van der Waals surface area contributed by atoms with E-state index in [0.717, 1.165) is 23.6 Å². The van der Waals surface area contributed by atoms with Crippen molar-refractivity contribution in [2.75, 3.05) is 6.54 Å². The molecule has 0 aliphatic heterocycles. The van der Waals surface area contributed by atoms with Gasteiger partial charge in [-0.15, -0.1) is 0 Å². The number of nitrogens with one attached hydrogen (secondary N) is 1. The molecule has 1 aliphatic carbocycles. The maximum Gasteiger partial charge on any atom is 0.131 e. The van der Waals surface area contributed by atoms with Crippen LogP contribution in [0.1, 0.15) is 35.6 Å². The second-order valence-corrected chi connectivity index (χ2v) is 5.67. The summed E-state index contributed by atoms with van der Waals surface area (Å²) in [4.78, 5) is 0. The maximum atomic E-state index is 14.4. The molecule has 0 aromatic heterocycles. The van der Waals surface area contributed by atoms with Crippen LogP contribution in [0.5, 0.6) is 0 Å². The Kier molecular flexibility index (Phi) is 3.83. The first kappa shape index (κ1) is 13.3. The highest BCUT2D eigenvalue weighted by Crippen LogP contribution is 2.31. The highest BCUT2D eigenvalue weighted by molar-refractivity contribution is 5.35. The third kappa shape index (κ3) is 2.91. The standard InChI is InChI=1S/C18H20FN/c1-13-6-5-9-16(17(13)19)18(20-12-14-10-11-14)15-7-3-2-4-8-15/h2-9,14,18,20H,10-12H2,1H3. The van der Waals surface area contributed by atoms with Crippen LogP contribution < -0.4 is 5.32 Å². The van der Waals surface area contributed by atoms with Gasteiger partial charge in [0.2, 0.25) is 0 Å². The number of rotatable bonds is 5. The summed E-state index contributed by atoms with van der Waals surface area (Å²) in [6.07, 6.45) is 2.59. The quantitative estimate of drug-likeness (QED) is 0.856. The lowest BCUT2D eigenvalue weighted by Gasteiger charge is -2.21. The number of benzene rings is 2. The van der Waals surface area contributed by atoms with Gasteiger partial charge < -0.3 is 5.32 Å². The first-order valence-electron chi connectivity index (χ1n) is 7.29. The summed E-state index contributed by atoms with van der Waals surface area (Å²) < 4.78 is 14.4.